The predicted octanol–water partition coefficient (Wildman–Crippen LogP) is 6.49. The van der Waals surface area contributed by atoms with E-state index in [9.17, 15) is 9.00 Å². The molecule has 6 nitrogen and oxygen atoms in total. The number of hydrogen-bond donors (Lipinski definition) is 0. The summed E-state index contributed by atoms with van der Waals surface area (Å²) in [5, 5.41) is 0.772. The van der Waals surface area contributed by atoms with Gasteiger partial charge in [-0.2, -0.15) is 10.6 Å². The molecule has 0 aromatic heterocycles. The van der Waals surface area contributed by atoms with Crippen molar-refractivity contribution in [1.82, 2.24) is 0 Å². The molecule has 1 amide bonds. The van der Waals surface area contributed by atoms with Crippen LogP contribution in [0.15, 0.2) is 52.9 Å². The van der Waals surface area contributed by atoms with Crippen LogP contribution in [0.2, 0.25) is 5.02 Å². The molecule has 6 rings (SSSR count). The van der Waals surface area contributed by atoms with Crippen LogP contribution in [-0.2, 0) is 31.4 Å². The Bertz CT molecular complexity index is 1370. The molecule has 1 spiro atoms. The average Bonchev–Trinajstić information content (AvgIpc) is 3.06. The monoisotopic (exact) mass is 567 g/mol. The number of allylic oxidation sites excluding steroid dienone is 1. The first-order valence-electron chi connectivity index (χ1n) is 14.1. The van der Waals surface area contributed by atoms with Gasteiger partial charge >= 0.3 is 0 Å². The minimum Gasteiger partial charge on any atom is -0.490 e. The second-order valence-electron chi connectivity index (χ2n) is 11.5. The molecule has 2 bridgehead atoms. The molecule has 0 N–H and O–H groups in total. The van der Waals surface area contributed by atoms with Crippen LogP contribution >= 0.6 is 11.6 Å². The van der Waals surface area contributed by atoms with Crippen LogP contribution in [0.25, 0.3) is 0 Å². The molecule has 1 fully saturated rings. The SMILES string of the molecule is CO[C@H]1/C=C/CCC[S-](=O)=NC(=O)c2ccc3c(c2)N(C[C@@H]2CCC21)C[C@@]1(CCCc2cc(Cl)ccc21)CO3. The number of anilines is 1. The number of aryl methyl sites for hydroxylation is 1. The number of hydrogen-bond acceptors (Lipinski definition) is 6. The largest absolute Gasteiger partial charge is 0.490 e. The minimum atomic E-state index is -1.55. The third-order valence-corrected chi connectivity index (χ3v) is 10.4. The zero-order chi connectivity index (χ0) is 27.0. The van der Waals surface area contributed by atoms with Crippen molar-refractivity contribution in [2.24, 2.45) is 16.2 Å². The van der Waals surface area contributed by atoms with Crippen LogP contribution in [-0.4, -0.2) is 44.6 Å². The first-order valence-corrected chi connectivity index (χ1v) is 15.8. The van der Waals surface area contributed by atoms with Crippen LogP contribution < -0.4 is 9.64 Å². The maximum Gasteiger partial charge on any atom is 0.254 e. The highest BCUT2D eigenvalue weighted by Crippen LogP contribution is 2.47. The number of carbonyl (C=O) groups excluding carboxylic acids is 1. The van der Waals surface area contributed by atoms with Crippen molar-refractivity contribution in [3.8, 4) is 5.75 Å². The molecule has 8 heteroatoms. The lowest BCUT2D eigenvalue weighted by Gasteiger charge is -2.46. The summed E-state index contributed by atoms with van der Waals surface area (Å²) in [6.07, 6.45) is 11.3. The molecule has 2 aromatic carbocycles. The fourth-order valence-corrected chi connectivity index (χ4v) is 7.92. The molecule has 2 aliphatic heterocycles. The Kier molecular flexibility index (Phi) is 7.75. The Balaban J connectivity index is 1.43. The highest BCUT2D eigenvalue weighted by molar-refractivity contribution is 7.75. The normalized spacial score (nSPS) is 30.3. The second kappa shape index (κ2) is 11.3. The first kappa shape index (κ1) is 26.9. The van der Waals surface area contributed by atoms with Gasteiger partial charge in [0.2, 0.25) is 0 Å². The smallest absolute Gasteiger partial charge is 0.254 e. The Labute approximate surface area is 237 Å². The van der Waals surface area contributed by atoms with E-state index in [1.807, 2.05) is 18.2 Å². The van der Waals surface area contributed by atoms with Crippen molar-refractivity contribution in [3.63, 3.8) is 0 Å². The van der Waals surface area contributed by atoms with Gasteiger partial charge in [-0.3, -0.25) is 4.79 Å². The van der Waals surface area contributed by atoms with Gasteiger partial charge in [-0.15, -0.1) is 0 Å². The number of rotatable bonds is 1. The molecule has 1 saturated carbocycles. The van der Waals surface area contributed by atoms with Gasteiger partial charge in [0, 0.05) is 36.2 Å². The maximum absolute atomic E-state index is 13.0. The van der Waals surface area contributed by atoms with Crippen LogP contribution in [0.1, 0.15) is 60.0 Å². The van der Waals surface area contributed by atoms with Crippen LogP contribution in [0.4, 0.5) is 5.69 Å². The molecule has 2 aromatic rings. The fraction of sp³-hybridized carbons (Fsp3) is 0.516. The molecule has 2 aliphatic carbocycles. The summed E-state index contributed by atoms with van der Waals surface area (Å²) in [7, 11) is 0.243. The van der Waals surface area contributed by atoms with E-state index < -0.39 is 16.5 Å². The summed E-state index contributed by atoms with van der Waals surface area (Å²) < 4.78 is 29.0. The van der Waals surface area contributed by atoms with Gasteiger partial charge in [-0.1, -0.05) is 42.0 Å². The highest BCUT2D eigenvalue weighted by atomic mass is 35.5. The Morgan fingerprint density at radius 3 is 2.90 bits per heavy atom. The number of nitrogens with zero attached hydrogens (tertiary/aromatic N) is 2. The maximum atomic E-state index is 13.0. The van der Waals surface area contributed by atoms with Gasteiger partial charge in [0.05, 0.1) is 18.4 Å². The van der Waals surface area contributed by atoms with E-state index in [0.29, 0.717) is 36.2 Å². The summed E-state index contributed by atoms with van der Waals surface area (Å²) in [5.41, 5.74) is 3.83. The zero-order valence-corrected chi connectivity index (χ0v) is 24.0. The minimum absolute atomic E-state index is 0.0639. The third-order valence-electron chi connectivity index (χ3n) is 9.11. The molecule has 208 valence electrons. The molecule has 0 saturated heterocycles. The van der Waals surface area contributed by atoms with E-state index in [1.54, 1.807) is 13.2 Å². The van der Waals surface area contributed by atoms with E-state index in [0.717, 1.165) is 68.1 Å². The Hall–Kier alpha value is -2.35. The molecular formula is C31H36ClN2O4S-. The van der Waals surface area contributed by atoms with Crippen molar-refractivity contribution in [3.05, 3.63) is 70.3 Å². The molecule has 1 unspecified atom stereocenters. The lowest BCUT2D eigenvalue weighted by molar-refractivity contribution is 0.0132. The fourth-order valence-electron chi connectivity index (χ4n) is 6.93. The third kappa shape index (κ3) is 5.38. The quantitative estimate of drug-likeness (QED) is 0.291. The van der Waals surface area contributed by atoms with E-state index in [-0.39, 0.29) is 11.5 Å². The topological polar surface area (TPSA) is 68.2 Å². The van der Waals surface area contributed by atoms with Gasteiger partial charge in [-0.25, -0.2) is 0 Å². The highest BCUT2D eigenvalue weighted by Gasteiger charge is 2.44. The second-order valence-corrected chi connectivity index (χ2v) is 13.2. The molecule has 4 aliphatic rings. The molecule has 0 radical (unpaired) electrons. The van der Waals surface area contributed by atoms with Crippen molar-refractivity contribution in [1.29, 1.82) is 0 Å². The molecule has 39 heavy (non-hydrogen) atoms. The van der Waals surface area contributed by atoms with Gasteiger partial charge in [0.25, 0.3) is 5.91 Å². The predicted molar refractivity (Wildman–Crippen MR) is 155 cm³/mol. The summed E-state index contributed by atoms with van der Waals surface area (Å²) >= 11 is 6.39. The molecule has 4 atom stereocenters. The van der Waals surface area contributed by atoms with Crippen molar-refractivity contribution in [2.75, 3.05) is 37.5 Å². The number of halogens is 1. The number of fused-ring (bicyclic) bond motifs is 4. The van der Waals surface area contributed by atoms with Gasteiger partial charge in [0.1, 0.15) is 5.75 Å². The summed E-state index contributed by atoms with van der Waals surface area (Å²) in [5.74, 6) is 1.63. The summed E-state index contributed by atoms with van der Waals surface area (Å²) in [6.45, 7) is 2.23. The van der Waals surface area contributed by atoms with Gasteiger partial charge in [-0.05, 0) is 91.8 Å². The summed E-state index contributed by atoms with van der Waals surface area (Å²) in [4.78, 5) is 15.5. The lowest BCUT2D eigenvalue weighted by atomic mass is 9.68. The number of benzene rings is 2. The van der Waals surface area contributed by atoms with E-state index in [1.165, 1.54) is 11.1 Å². The molecule has 2 heterocycles. The van der Waals surface area contributed by atoms with E-state index >= 15 is 0 Å². The molecular weight excluding hydrogens is 532 g/mol. The van der Waals surface area contributed by atoms with E-state index in [4.69, 9.17) is 21.1 Å². The van der Waals surface area contributed by atoms with Crippen LogP contribution in [0, 0.1) is 11.8 Å². The number of carbonyl (C=O) groups is 1. The zero-order valence-electron chi connectivity index (χ0n) is 22.4. The van der Waals surface area contributed by atoms with Gasteiger partial charge in [0.15, 0.2) is 0 Å². The summed E-state index contributed by atoms with van der Waals surface area (Å²) in [6, 6.07) is 11.8. The van der Waals surface area contributed by atoms with E-state index in [2.05, 4.69) is 33.5 Å². The average molecular weight is 568 g/mol. The number of amides is 1. The van der Waals surface area contributed by atoms with Crippen LogP contribution in [0.3, 0.4) is 0 Å². The lowest BCUT2D eigenvalue weighted by Crippen LogP contribution is -2.49. The Morgan fingerprint density at radius 1 is 1.18 bits per heavy atom. The number of methoxy groups -OCH3 is 1. The standard InChI is InChI=1S/C31H36ClN2O4S/c1-37-28-7-3-2-4-15-39(36)33-30(35)22-9-13-29-27(17-22)34(18-23-8-11-25(23)28)19-31(20-38-29)14-5-6-21-16-24(32)10-12-26(21)31/h3,7,9-10,12-13,16-17,23,25,28H,2,4-6,8,11,14-15,18-20H2,1H3/q-1/b7-3+/t23-,25?,28-,31-/m0/s1. The van der Waals surface area contributed by atoms with Crippen LogP contribution in [0.5, 0.6) is 5.75 Å². The first-order chi connectivity index (χ1) is 19.0. The number of ether oxygens (including phenoxy) is 2. The Morgan fingerprint density at radius 2 is 2.08 bits per heavy atom. The van der Waals surface area contributed by atoms with Crippen molar-refractivity contribution in [2.45, 2.75) is 56.5 Å². The van der Waals surface area contributed by atoms with Crippen molar-refractivity contribution >= 4 is 33.8 Å². The van der Waals surface area contributed by atoms with Gasteiger partial charge < -0.3 is 22.9 Å². The van der Waals surface area contributed by atoms with Crippen molar-refractivity contribution < 1.29 is 18.5 Å².